The fraction of sp³-hybridized carbons (Fsp3) is 0.167. The third-order valence-electron chi connectivity index (χ3n) is 8.83. The summed E-state index contributed by atoms with van der Waals surface area (Å²) in [6.07, 6.45) is 1.84. The summed E-state index contributed by atoms with van der Waals surface area (Å²) in [6.45, 7) is 10.3. The number of para-hydroxylation sites is 1. The van der Waals surface area contributed by atoms with Gasteiger partial charge in [-0.1, -0.05) is 57.2 Å². The molecule has 3 aliphatic rings. The fourth-order valence-electron chi connectivity index (χ4n) is 6.86. The van der Waals surface area contributed by atoms with E-state index in [1.54, 1.807) is 0 Å². The maximum Gasteiger partial charge on any atom is 0.181 e. The van der Waals surface area contributed by atoms with E-state index in [1.807, 2.05) is 24.4 Å². The molecular formula is C36H33N4O+. The van der Waals surface area contributed by atoms with Crippen molar-refractivity contribution in [2.45, 2.75) is 26.2 Å². The third kappa shape index (κ3) is 3.52. The first-order chi connectivity index (χ1) is 19.8. The smallest absolute Gasteiger partial charge is 0.181 e. The summed E-state index contributed by atoms with van der Waals surface area (Å²) in [5, 5.41) is 2.38. The Morgan fingerprint density at radius 1 is 0.756 bits per heavy atom. The van der Waals surface area contributed by atoms with Gasteiger partial charge in [-0.15, -0.1) is 0 Å². The molecule has 2 bridgehead atoms. The molecule has 5 heteroatoms. The van der Waals surface area contributed by atoms with E-state index >= 15 is 0 Å². The van der Waals surface area contributed by atoms with E-state index in [9.17, 15) is 0 Å². The predicted molar refractivity (Wildman–Crippen MR) is 169 cm³/mol. The molecule has 9 rings (SSSR count). The van der Waals surface area contributed by atoms with E-state index in [0.29, 0.717) is 0 Å². The van der Waals surface area contributed by atoms with Gasteiger partial charge in [0.05, 0.1) is 24.7 Å². The van der Waals surface area contributed by atoms with Gasteiger partial charge in [-0.25, -0.2) is 4.98 Å². The maximum atomic E-state index is 6.56. The Kier molecular flexibility index (Phi) is 4.92. The highest BCUT2D eigenvalue weighted by molar-refractivity contribution is 6.09. The van der Waals surface area contributed by atoms with Crippen LogP contribution < -0.4 is 13.7 Å². The number of aromatic nitrogens is 2. The minimum absolute atomic E-state index is 0.0996. The van der Waals surface area contributed by atoms with Crippen LogP contribution in [0.5, 0.6) is 11.5 Å². The van der Waals surface area contributed by atoms with Crippen LogP contribution in [0.3, 0.4) is 0 Å². The standard InChI is InChI=1S/C36H33N4O/c1-36(2,3)25-15-18-33-34(20-25)40(23-39(33,4)24-40)26-10-9-11-27(21-26)41-28-16-17-30-29-12-5-6-13-31(29)38(32(30)22-28)35-14-7-8-19-37-35/h5-23H,24H2,1-4H3/q+1/t39-,40+/m0/s1. The second-order valence-electron chi connectivity index (χ2n) is 12.7. The molecule has 0 amide bonds. The summed E-state index contributed by atoms with van der Waals surface area (Å²) in [5.74, 6) is 2.54. The van der Waals surface area contributed by atoms with Crippen molar-refractivity contribution in [3.8, 4) is 17.3 Å². The van der Waals surface area contributed by atoms with E-state index in [0.717, 1.165) is 44.0 Å². The number of hydrogen-bond donors (Lipinski definition) is 0. The van der Waals surface area contributed by atoms with Crippen LogP contribution in [0, 0.1) is 6.67 Å². The Balaban J connectivity index is 1.19. The van der Waals surface area contributed by atoms with Crippen molar-refractivity contribution >= 4 is 38.9 Å². The maximum absolute atomic E-state index is 6.56. The lowest BCUT2D eigenvalue weighted by molar-refractivity contribution is 0.157. The first-order valence-corrected chi connectivity index (χ1v) is 14.2. The number of benzene rings is 4. The molecule has 0 unspecified atom stereocenters. The van der Waals surface area contributed by atoms with Crippen molar-refractivity contribution < 1.29 is 4.74 Å². The summed E-state index contributed by atoms with van der Waals surface area (Å²) in [5.41, 5.74) is 7.66. The molecule has 2 atom stereocenters. The second-order valence-corrected chi connectivity index (χ2v) is 12.7. The minimum atomic E-state index is 0.0996. The van der Waals surface area contributed by atoms with Crippen molar-refractivity contribution in [1.82, 2.24) is 18.5 Å². The zero-order valence-electron chi connectivity index (χ0n) is 23.9. The molecule has 41 heavy (non-hydrogen) atoms. The Labute approximate surface area is 240 Å². The van der Waals surface area contributed by atoms with Gasteiger partial charge in [0.25, 0.3) is 0 Å². The fourth-order valence-corrected chi connectivity index (χ4v) is 6.86. The molecule has 2 aromatic heterocycles. The molecule has 0 saturated carbocycles. The first-order valence-electron chi connectivity index (χ1n) is 14.2. The van der Waals surface area contributed by atoms with Crippen molar-refractivity contribution in [2.75, 3.05) is 13.7 Å². The van der Waals surface area contributed by atoms with Crippen LogP contribution in [-0.4, -0.2) is 23.3 Å². The van der Waals surface area contributed by atoms with Gasteiger partial charge >= 0.3 is 0 Å². The van der Waals surface area contributed by atoms with E-state index in [-0.39, 0.29) is 5.41 Å². The molecular weight excluding hydrogens is 504 g/mol. The first kappa shape index (κ1) is 24.4. The Morgan fingerprint density at radius 2 is 1.54 bits per heavy atom. The number of rotatable bonds is 4. The highest BCUT2D eigenvalue weighted by atomic mass is 16.5. The molecule has 0 aliphatic carbocycles. The Hall–Kier alpha value is -4.45. The van der Waals surface area contributed by atoms with Gasteiger partial charge in [-0.05, 0) is 53.4 Å². The van der Waals surface area contributed by atoms with Crippen LogP contribution >= 0.6 is 0 Å². The molecule has 0 spiro atoms. The highest BCUT2D eigenvalue weighted by Gasteiger charge is 2.59. The van der Waals surface area contributed by atoms with Crippen LogP contribution in [0.1, 0.15) is 26.3 Å². The van der Waals surface area contributed by atoms with E-state index < -0.39 is 0 Å². The zero-order chi connectivity index (χ0) is 28.0. The Bertz CT molecular complexity index is 1980. The topological polar surface area (TPSA) is 27.1 Å². The van der Waals surface area contributed by atoms with Crippen molar-refractivity contribution in [1.29, 1.82) is 0 Å². The average molecular weight is 538 g/mol. The van der Waals surface area contributed by atoms with Gasteiger partial charge in [-0.2, -0.15) is 0 Å². The lowest BCUT2D eigenvalue weighted by Crippen LogP contribution is -2.68. The summed E-state index contributed by atoms with van der Waals surface area (Å²) < 4.78 is 10.4. The van der Waals surface area contributed by atoms with Crippen LogP contribution in [-0.2, 0) is 5.41 Å². The normalized spacial score (nSPS) is 21.2. The zero-order valence-corrected chi connectivity index (χ0v) is 23.9. The van der Waals surface area contributed by atoms with Crippen molar-refractivity contribution in [2.24, 2.45) is 0 Å². The SMILES string of the molecule is CC(C)(C)c1ccc2c(c1)[N@+]1(c3cccc(Oc4ccc5c6ccccc6n(-c6ccccn6)c5c4)c3)[CH-][N@@+]2(C)C1. The van der Waals surface area contributed by atoms with Gasteiger partial charge in [0.15, 0.2) is 18.0 Å². The molecule has 0 radical (unpaired) electrons. The van der Waals surface area contributed by atoms with E-state index in [1.165, 1.54) is 33.4 Å². The predicted octanol–water partition coefficient (Wildman–Crippen LogP) is 8.95. The highest BCUT2D eigenvalue weighted by Crippen LogP contribution is 2.61. The van der Waals surface area contributed by atoms with Gasteiger partial charge < -0.3 is 9.22 Å². The number of quaternary nitrogens is 2. The van der Waals surface area contributed by atoms with Crippen molar-refractivity contribution in [3.63, 3.8) is 0 Å². The van der Waals surface area contributed by atoms with Gasteiger partial charge in [-0.3, -0.25) is 9.05 Å². The molecule has 0 N–H and O–H groups in total. The van der Waals surface area contributed by atoms with Crippen molar-refractivity contribution in [3.05, 3.63) is 122 Å². The van der Waals surface area contributed by atoms with E-state index in [4.69, 9.17) is 4.74 Å². The molecule has 6 aromatic rings. The number of fused-ring (bicyclic) bond motifs is 3. The summed E-state index contributed by atoms with van der Waals surface area (Å²) in [7, 11) is 2.30. The number of nitrogens with zero attached hydrogens (tertiary/aromatic N) is 4. The van der Waals surface area contributed by atoms with Gasteiger partial charge in [0.2, 0.25) is 0 Å². The van der Waals surface area contributed by atoms with Crippen LogP contribution in [0.4, 0.5) is 17.1 Å². The molecule has 202 valence electrons. The summed E-state index contributed by atoms with van der Waals surface area (Å²) in [6, 6.07) is 36.5. The molecule has 1 fully saturated rings. The van der Waals surface area contributed by atoms with Crippen LogP contribution in [0.25, 0.3) is 27.6 Å². The number of ether oxygens (including phenoxy) is 1. The molecule has 5 nitrogen and oxygen atoms in total. The Morgan fingerprint density at radius 3 is 2.34 bits per heavy atom. The lowest BCUT2D eigenvalue weighted by atomic mass is 9.86. The largest absolute Gasteiger partial charge is 0.457 e. The molecule has 5 heterocycles. The summed E-state index contributed by atoms with van der Waals surface area (Å²) in [4.78, 5) is 4.66. The molecule has 1 saturated heterocycles. The van der Waals surface area contributed by atoms with Crippen LogP contribution in [0.15, 0.2) is 109 Å². The third-order valence-corrected chi connectivity index (χ3v) is 8.83. The minimum Gasteiger partial charge on any atom is -0.457 e. The quantitative estimate of drug-likeness (QED) is 0.166. The number of pyridine rings is 1. The lowest BCUT2D eigenvalue weighted by Gasteiger charge is -2.54. The number of hydrogen-bond acceptors (Lipinski definition) is 2. The monoisotopic (exact) mass is 537 g/mol. The molecule has 4 aromatic carbocycles. The van der Waals surface area contributed by atoms with E-state index in [2.05, 4.69) is 129 Å². The second kappa shape index (κ2) is 8.29. The molecule has 3 aliphatic heterocycles. The van der Waals surface area contributed by atoms with Gasteiger partial charge in [0, 0.05) is 41.2 Å². The average Bonchev–Trinajstić information content (AvgIpc) is 3.52. The summed E-state index contributed by atoms with van der Waals surface area (Å²) >= 11 is 0. The van der Waals surface area contributed by atoms with Crippen LogP contribution in [0.2, 0.25) is 0 Å². The van der Waals surface area contributed by atoms with Gasteiger partial charge in [0.1, 0.15) is 23.0 Å².